The monoisotopic (exact) mass is 307 g/mol. The van der Waals surface area contributed by atoms with Gasteiger partial charge in [-0.25, -0.2) is 9.18 Å². The van der Waals surface area contributed by atoms with E-state index in [1.165, 1.54) is 29.0 Å². The van der Waals surface area contributed by atoms with Crippen molar-refractivity contribution in [2.45, 2.75) is 20.0 Å². The first-order valence-corrected chi connectivity index (χ1v) is 6.54. The van der Waals surface area contributed by atoms with Gasteiger partial charge in [0.05, 0.1) is 6.54 Å². The Morgan fingerprint density at radius 2 is 2.10 bits per heavy atom. The van der Waals surface area contributed by atoms with Crippen LogP contribution in [0.2, 0.25) is 5.02 Å². The van der Waals surface area contributed by atoms with Gasteiger partial charge in [-0.2, -0.15) is 5.26 Å². The molecule has 1 aromatic carbocycles. The molecule has 0 atom stereocenters. The van der Waals surface area contributed by atoms with Crippen molar-refractivity contribution >= 4 is 11.6 Å². The lowest BCUT2D eigenvalue weighted by atomic mass is 10.2. The number of hydrogen-bond donors (Lipinski definition) is 0. The van der Waals surface area contributed by atoms with Gasteiger partial charge in [0.25, 0.3) is 5.56 Å². The standard InChI is InChI=1S/C14H11ClFN3O2/c1-2-18-7-9(6-17)13(20)19(14(18)21)8-10-11(15)4-3-5-12(10)16/h3-5,7H,2,8H2,1H3. The van der Waals surface area contributed by atoms with Crippen molar-refractivity contribution in [1.29, 1.82) is 5.26 Å². The second kappa shape index (κ2) is 5.94. The third-order valence-corrected chi connectivity index (χ3v) is 3.43. The molecule has 5 nitrogen and oxygen atoms in total. The summed E-state index contributed by atoms with van der Waals surface area (Å²) in [7, 11) is 0. The van der Waals surface area contributed by atoms with Crippen molar-refractivity contribution in [3.8, 4) is 6.07 Å². The highest BCUT2D eigenvalue weighted by atomic mass is 35.5. The molecule has 21 heavy (non-hydrogen) atoms. The maximum Gasteiger partial charge on any atom is 0.331 e. The lowest BCUT2D eigenvalue weighted by Gasteiger charge is -2.11. The number of rotatable bonds is 3. The molecule has 1 aromatic heterocycles. The van der Waals surface area contributed by atoms with Gasteiger partial charge < -0.3 is 0 Å². The fraction of sp³-hybridized carbons (Fsp3) is 0.214. The first kappa shape index (κ1) is 15.0. The second-order valence-corrected chi connectivity index (χ2v) is 4.72. The minimum Gasteiger partial charge on any atom is -0.299 e. The van der Waals surface area contributed by atoms with Gasteiger partial charge in [0.15, 0.2) is 0 Å². The topological polar surface area (TPSA) is 67.8 Å². The Bertz CT molecular complexity index is 829. The molecule has 2 rings (SSSR count). The van der Waals surface area contributed by atoms with E-state index in [4.69, 9.17) is 16.9 Å². The van der Waals surface area contributed by atoms with Crippen LogP contribution in [0.25, 0.3) is 0 Å². The summed E-state index contributed by atoms with van der Waals surface area (Å²) in [5.41, 5.74) is -1.51. The number of halogens is 2. The molecule has 0 saturated carbocycles. The van der Waals surface area contributed by atoms with Gasteiger partial charge in [-0.3, -0.25) is 13.9 Å². The first-order valence-electron chi connectivity index (χ1n) is 6.16. The third kappa shape index (κ3) is 2.73. The molecule has 0 aliphatic carbocycles. The zero-order valence-electron chi connectivity index (χ0n) is 11.1. The van der Waals surface area contributed by atoms with Crippen LogP contribution < -0.4 is 11.2 Å². The third-order valence-electron chi connectivity index (χ3n) is 3.08. The molecule has 2 aromatic rings. The van der Waals surface area contributed by atoms with Gasteiger partial charge in [0.2, 0.25) is 0 Å². The number of nitriles is 1. The molecule has 0 amide bonds. The van der Waals surface area contributed by atoms with Crippen LogP contribution in [-0.2, 0) is 13.1 Å². The van der Waals surface area contributed by atoms with Crippen LogP contribution in [-0.4, -0.2) is 9.13 Å². The number of nitrogens with zero attached hydrogens (tertiary/aromatic N) is 3. The Morgan fingerprint density at radius 1 is 1.38 bits per heavy atom. The van der Waals surface area contributed by atoms with Crippen LogP contribution in [0.5, 0.6) is 0 Å². The number of benzene rings is 1. The average Bonchev–Trinajstić information content (AvgIpc) is 2.46. The lowest BCUT2D eigenvalue weighted by Crippen LogP contribution is -2.41. The largest absolute Gasteiger partial charge is 0.331 e. The van der Waals surface area contributed by atoms with Crippen LogP contribution >= 0.6 is 11.6 Å². The molecule has 7 heteroatoms. The normalized spacial score (nSPS) is 10.4. The zero-order chi connectivity index (χ0) is 15.6. The number of aromatic nitrogens is 2. The van der Waals surface area contributed by atoms with E-state index in [2.05, 4.69) is 0 Å². The van der Waals surface area contributed by atoms with E-state index in [1.807, 2.05) is 0 Å². The molecule has 0 fully saturated rings. The van der Waals surface area contributed by atoms with Crippen molar-refractivity contribution in [2.75, 3.05) is 0 Å². The maximum absolute atomic E-state index is 13.8. The van der Waals surface area contributed by atoms with Crippen molar-refractivity contribution in [3.63, 3.8) is 0 Å². The summed E-state index contributed by atoms with van der Waals surface area (Å²) in [5.74, 6) is -0.612. The smallest absolute Gasteiger partial charge is 0.299 e. The zero-order valence-corrected chi connectivity index (χ0v) is 11.9. The van der Waals surface area contributed by atoms with Crippen LogP contribution in [0.1, 0.15) is 18.1 Å². The summed E-state index contributed by atoms with van der Waals surface area (Å²) in [6.07, 6.45) is 1.20. The van der Waals surface area contributed by atoms with Gasteiger partial charge in [-0.15, -0.1) is 0 Å². The molecule has 0 aliphatic rings. The summed E-state index contributed by atoms with van der Waals surface area (Å²) >= 11 is 5.90. The summed E-state index contributed by atoms with van der Waals surface area (Å²) in [6, 6.07) is 5.83. The Morgan fingerprint density at radius 3 is 2.67 bits per heavy atom. The molecule has 0 spiro atoms. The molecular formula is C14H11ClFN3O2. The highest BCUT2D eigenvalue weighted by molar-refractivity contribution is 6.31. The van der Waals surface area contributed by atoms with Crippen LogP contribution in [0.3, 0.4) is 0 Å². The van der Waals surface area contributed by atoms with Gasteiger partial charge in [-0.1, -0.05) is 17.7 Å². The molecule has 0 saturated heterocycles. The van der Waals surface area contributed by atoms with Gasteiger partial charge >= 0.3 is 5.69 Å². The molecule has 108 valence electrons. The van der Waals surface area contributed by atoms with Crippen molar-refractivity contribution in [1.82, 2.24) is 9.13 Å². The molecular weight excluding hydrogens is 297 g/mol. The highest BCUT2D eigenvalue weighted by Crippen LogP contribution is 2.19. The SMILES string of the molecule is CCn1cc(C#N)c(=O)n(Cc2c(F)cccc2Cl)c1=O. The quantitative estimate of drug-likeness (QED) is 0.867. The lowest BCUT2D eigenvalue weighted by molar-refractivity contribution is 0.564. The average molecular weight is 308 g/mol. The van der Waals surface area contributed by atoms with E-state index in [1.54, 1.807) is 13.0 Å². The van der Waals surface area contributed by atoms with Gasteiger partial charge in [0, 0.05) is 23.3 Å². The van der Waals surface area contributed by atoms with E-state index >= 15 is 0 Å². The van der Waals surface area contributed by atoms with E-state index in [9.17, 15) is 14.0 Å². The van der Waals surface area contributed by atoms with E-state index < -0.39 is 17.1 Å². The first-order chi connectivity index (χ1) is 9.99. The van der Waals surface area contributed by atoms with Crippen molar-refractivity contribution < 1.29 is 4.39 Å². The fourth-order valence-electron chi connectivity index (χ4n) is 1.94. The molecule has 0 radical (unpaired) electrons. The Balaban J connectivity index is 2.68. The second-order valence-electron chi connectivity index (χ2n) is 4.31. The Labute approximate surface area is 124 Å². The van der Waals surface area contributed by atoms with Crippen LogP contribution in [0.4, 0.5) is 4.39 Å². The van der Waals surface area contributed by atoms with Crippen LogP contribution in [0.15, 0.2) is 34.0 Å². The predicted octanol–water partition coefficient (Wildman–Crippen LogP) is 1.74. The highest BCUT2D eigenvalue weighted by Gasteiger charge is 2.14. The Hall–Kier alpha value is -2.39. The predicted molar refractivity (Wildman–Crippen MR) is 75.9 cm³/mol. The van der Waals surface area contributed by atoms with E-state index in [-0.39, 0.29) is 22.7 Å². The van der Waals surface area contributed by atoms with E-state index in [0.717, 1.165) is 4.57 Å². The number of aryl methyl sites for hydroxylation is 1. The summed E-state index contributed by atoms with van der Waals surface area (Å²) in [4.78, 5) is 24.2. The fourth-order valence-corrected chi connectivity index (χ4v) is 2.16. The van der Waals surface area contributed by atoms with Gasteiger partial charge in [0.1, 0.15) is 17.4 Å². The minimum absolute atomic E-state index is 0.0381. The maximum atomic E-state index is 13.8. The van der Waals surface area contributed by atoms with E-state index in [0.29, 0.717) is 6.54 Å². The Kier molecular flexibility index (Phi) is 4.24. The summed E-state index contributed by atoms with van der Waals surface area (Å²) < 4.78 is 15.8. The van der Waals surface area contributed by atoms with Crippen LogP contribution in [0, 0.1) is 17.1 Å². The van der Waals surface area contributed by atoms with Crippen molar-refractivity contribution in [2.24, 2.45) is 0 Å². The summed E-state index contributed by atoms with van der Waals surface area (Å²) in [5, 5.41) is 9.07. The van der Waals surface area contributed by atoms with Gasteiger partial charge in [-0.05, 0) is 19.1 Å². The number of hydrogen-bond acceptors (Lipinski definition) is 3. The molecule has 0 bridgehead atoms. The summed E-state index contributed by atoms with van der Waals surface area (Å²) in [6.45, 7) is 1.67. The molecule has 0 N–H and O–H groups in total. The van der Waals surface area contributed by atoms with Crippen molar-refractivity contribution in [3.05, 3.63) is 67.2 Å². The minimum atomic E-state index is -0.758. The molecule has 1 heterocycles. The molecule has 0 aliphatic heterocycles. The molecule has 0 unspecified atom stereocenters.